The van der Waals surface area contributed by atoms with Crippen LogP contribution in [-0.2, 0) is 4.79 Å². The number of nitrogens with one attached hydrogen (secondary N) is 3. The SMILES string of the molecule is CCCCCC(=O)Nc1cccc(NC(=S)NC(=O)c2sc3ccccc3c2Cl)c1. The Morgan fingerprint density at radius 3 is 2.50 bits per heavy atom. The molecule has 0 fully saturated rings. The summed E-state index contributed by atoms with van der Waals surface area (Å²) in [5.41, 5.74) is 1.33. The van der Waals surface area contributed by atoms with Crippen molar-refractivity contribution in [3.63, 3.8) is 0 Å². The number of hydrogen-bond donors (Lipinski definition) is 3. The smallest absolute Gasteiger partial charge is 0.269 e. The van der Waals surface area contributed by atoms with E-state index >= 15 is 0 Å². The third-order valence-corrected chi connectivity index (χ3v) is 6.26. The van der Waals surface area contributed by atoms with E-state index in [9.17, 15) is 9.59 Å². The highest BCUT2D eigenvalue weighted by Gasteiger charge is 2.17. The van der Waals surface area contributed by atoms with E-state index in [0.717, 1.165) is 29.3 Å². The zero-order valence-corrected chi connectivity index (χ0v) is 18.8. The Balaban J connectivity index is 1.59. The Bertz CT molecular complexity index is 1080. The van der Waals surface area contributed by atoms with Crippen molar-refractivity contribution in [2.24, 2.45) is 0 Å². The minimum Gasteiger partial charge on any atom is -0.332 e. The van der Waals surface area contributed by atoms with Crippen LogP contribution >= 0.6 is 35.2 Å². The second-order valence-electron chi connectivity index (χ2n) is 6.74. The van der Waals surface area contributed by atoms with E-state index in [1.807, 2.05) is 30.3 Å². The molecule has 0 spiro atoms. The second kappa shape index (κ2) is 10.5. The van der Waals surface area contributed by atoms with Crippen molar-refractivity contribution >= 4 is 73.5 Å². The van der Waals surface area contributed by atoms with Crippen LogP contribution in [0.25, 0.3) is 10.1 Å². The summed E-state index contributed by atoms with van der Waals surface area (Å²) in [5, 5.41) is 9.93. The van der Waals surface area contributed by atoms with Crippen LogP contribution in [0.15, 0.2) is 48.5 Å². The van der Waals surface area contributed by atoms with Crippen molar-refractivity contribution in [2.75, 3.05) is 10.6 Å². The average molecular weight is 460 g/mol. The fourth-order valence-electron chi connectivity index (χ4n) is 2.92. The standard InChI is InChI=1S/C22H22ClN3O2S2/c1-2-3-4-12-18(27)24-14-8-7-9-15(13-14)25-22(29)26-21(28)20-19(23)16-10-5-6-11-17(16)30-20/h5-11,13H,2-4,12H2,1H3,(H,24,27)(H2,25,26,28,29). The zero-order valence-electron chi connectivity index (χ0n) is 16.5. The van der Waals surface area contributed by atoms with Crippen LogP contribution in [0.5, 0.6) is 0 Å². The van der Waals surface area contributed by atoms with E-state index in [4.69, 9.17) is 23.8 Å². The van der Waals surface area contributed by atoms with Gasteiger partial charge < -0.3 is 10.6 Å². The average Bonchev–Trinajstić information content (AvgIpc) is 3.05. The first kappa shape index (κ1) is 22.2. The minimum absolute atomic E-state index is 0.0177. The quantitative estimate of drug-likeness (QED) is 0.290. The van der Waals surface area contributed by atoms with Crippen LogP contribution in [0.3, 0.4) is 0 Å². The molecule has 156 valence electrons. The monoisotopic (exact) mass is 459 g/mol. The normalized spacial score (nSPS) is 10.6. The first-order valence-electron chi connectivity index (χ1n) is 9.67. The van der Waals surface area contributed by atoms with E-state index in [1.165, 1.54) is 11.3 Å². The largest absolute Gasteiger partial charge is 0.332 e. The third-order valence-electron chi connectivity index (χ3n) is 4.38. The second-order valence-corrected chi connectivity index (χ2v) is 8.57. The molecule has 0 aliphatic heterocycles. The molecule has 2 amide bonds. The topological polar surface area (TPSA) is 70.2 Å². The predicted molar refractivity (Wildman–Crippen MR) is 130 cm³/mol. The lowest BCUT2D eigenvalue weighted by molar-refractivity contribution is -0.116. The molecule has 0 unspecified atom stereocenters. The molecule has 3 rings (SSSR count). The van der Waals surface area contributed by atoms with Gasteiger partial charge in [-0.2, -0.15) is 0 Å². The number of thiophene rings is 1. The molecule has 30 heavy (non-hydrogen) atoms. The number of thiocarbonyl (C=S) groups is 1. The molecule has 0 bridgehead atoms. The van der Waals surface area contributed by atoms with Crippen molar-refractivity contribution in [1.82, 2.24) is 5.32 Å². The number of rotatable bonds is 7. The van der Waals surface area contributed by atoms with Gasteiger partial charge in [-0.15, -0.1) is 11.3 Å². The summed E-state index contributed by atoms with van der Waals surface area (Å²) >= 11 is 12.9. The molecule has 0 radical (unpaired) electrons. The highest BCUT2D eigenvalue weighted by atomic mass is 35.5. The maximum absolute atomic E-state index is 12.6. The number of hydrogen-bond acceptors (Lipinski definition) is 4. The van der Waals surface area contributed by atoms with Gasteiger partial charge in [0.25, 0.3) is 5.91 Å². The van der Waals surface area contributed by atoms with Crippen LogP contribution in [-0.4, -0.2) is 16.9 Å². The van der Waals surface area contributed by atoms with Gasteiger partial charge in [0.1, 0.15) is 4.88 Å². The summed E-state index contributed by atoms with van der Waals surface area (Å²) in [6, 6.07) is 14.8. The molecule has 0 aliphatic carbocycles. The van der Waals surface area contributed by atoms with Crippen LogP contribution in [0.4, 0.5) is 11.4 Å². The van der Waals surface area contributed by atoms with Gasteiger partial charge in [-0.25, -0.2) is 0 Å². The minimum atomic E-state index is -0.362. The summed E-state index contributed by atoms with van der Waals surface area (Å²) < 4.78 is 0.939. The molecule has 0 saturated heterocycles. The summed E-state index contributed by atoms with van der Waals surface area (Å²) in [7, 11) is 0. The van der Waals surface area contributed by atoms with Gasteiger partial charge in [0.2, 0.25) is 5.91 Å². The van der Waals surface area contributed by atoms with Crippen molar-refractivity contribution in [3.05, 3.63) is 58.4 Å². The molecule has 0 atom stereocenters. The number of amides is 2. The Morgan fingerprint density at radius 1 is 1.03 bits per heavy atom. The van der Waals surface area contributed by atoms with Crippen molar-refractivity contribution < 1.29 is 9.59 Å². The molecule has 1 heterocycles. The maximum Gasteiger partial charge on any atom is 0.269 e. The van der Waals surface area contributed by atoms with Crippen LogP contribution in [0.1, 0.15) is 42.3 Å². The van der Waals surface area contributed by atoms with Crippen molar-refractivity contribution in [3.8, 4) is 0 Å². The van der Waals surface area contributed by atoms with Crippen LogP contribution in [0, 0.1) is 0 Å². The van der Waals surface area contributed by atoms with E-state index in [-0.39, 0.29) is 16.9 Å². The van der Waals surface area contributed by atoms with Gasteiger partial charge in [0.05, 0.1) is 5.02 Å². The van der Waals surface area contributed by atoms with Gasteiger partial charge in [0, 0.05) is 27.9 Å². The first-order chi connectivity index (χ1) is 14.5. The molecular weight excluding hydrogens is 438 g/mol. The Labute approximate surface area is 189 Å². The van der Waals surface area contributed by atoms with E-state index in [1.54, 1.807) is 18.2 Å². The number of carbonyl (C=O) groups excluding carboxylic acids is 2. The fourth-order valence-corrected chi connectivity index (χ4v) is 4.54. The van der Waals surface area contributed by atoms with Gasteiger partial charge in [-0.1, -0.05) is 55.6 Å². The lowest BCUT2D eigenvalue weighted by Gasteiger charge is -2.11. The van der Waals surface area contributed by atoms with Gasteiger partial charge >= 0.3 is 0 Å². The molecular formula is C22H22ClN3O2S2. The molecule has 0 saturated carbocycles. The lowest BCUT2D eigenvalue weighted by Crippen LogP contribution is -2.33. The number of fused-ring (bicyclic) bond motifs is 1. The van der Waals surface area contributed by atoms with Gasteiger partial charge in [-0.3, -0.25) is 14.9 Å². The zero-order chi connectivity index (χ0) is 21.5. The highest BCUT2D eigenvalue weighted by Crippen LogP contribution is 2.35. The number of benzene rings is 2. The summed E-state index contributed by atoms with van der Waals surface area (Å²) in [6.07, 6.45) is 3.47. The number of anilines is 2. The molecule has 3 N–H and O–H groups in total. The van der Waals surface area contributed by atoms with E-state index in [0.29, 0.717) is 27.7 Å². The molecule has 5 nitrogen and oxygen atoms in total. The highest BCUT2D eigenvalue weighted by molar-refractivity contribution is 7.80. The number of carbonyl (C=O) groups is 2. The first-order valence-corrected chi connectivity index (χ1v) is 11.3. The number of unbranched alkanes of at least 4 members (excludes halogenated alkanes) is 2. The molecule has 3 aromatic rings. The molecule has 2 aromatic carbocycles. The molecule has 8 heteroatoms. The third kappa shape index (κ3) is 5.78. The van der Waals surface area contributed by atoms with Crippen molar-refractivity contribution in [2.45, 2.75) is 32.6 Å². The molecule has 1 aromatic heterocycles. The summed E-state index contributed by atoms with van der Waals surface area (Å²) in [5.74, 6) is -0.380. The van der Waals surface area contributed by atoms with E-state index < -0.39 is 0 Å². The Hall–Kier alpha value is -2.48. The van der Waals surface area contributed by atoms with Gasteiger partial charge in [0.15, 0.2) is 5.11 Å². The van der Waals surface area contributed by atoms with E-state index in [2.05, 4.69) is 22.9 Å². The number of halogens is 1. The van der Waals surface area contributed by atoms with Crippen molar-refractivity contribution in [1.29, 1.82) is 0 Å². The molecule has 0 aliphatic rings. The Morgan fingerprint density at radius 2 is 1.77 bits per heavy atom. The summed E-state index contributed by atoms with van der Waals surface area (Å²) in [4.78, 5) is 25.0. The van der Waals surface area contributed by atoms with Crippen LogP contribution in [0.2, 0.25) is 5.02 Å². The lowest BCUT2D eigenvalue weighted by atomic mass is 10.2. The Kier molecular flexibility index (Phi) is 7.79. The maximum atomic E-state index is 12.6. The summed E-state index contributed by atoms with van der Waals surface area (Å²) in [6.45, 7) is 2.10. The fraction of sp³-hybridized carbons (Fsp3) is 0.227. The van der Waals surface area contributed by atoms with Gasteiger partial charge in [-0.05, 0) is 42.9 Å². The predicted octanol–water partition coefficient (Wildman–Crippen LogP) is 6.20. The van der Waals surface area contributed by atoms with Crippen LogP contribution < -0.4 is 16.0 Å².